The lowest BCUT2D eigenvalue weighted by molar-refractivity contribution is -0.148. The van der Waals surface area contributed by atoms with E-state index in [0.29, 0.717) is 16.5 Å². The van der Waals surface area contributed by atoms with Crippen molar-refractivity contribution in [3.8, 4) is 11.3 Å². The minimum absolute atomic E-state index is 0.0966. The van der Waals surface area contributed by atoms with Crippen molar-refractivity contribution in [2.75, 3.05) is 0 Å². The maximum absolute atomic E-state index is 12.0. The number of carbonyl (C=O) groups is 2. The number of carboxylic acids is 1. The molecule has 0 saturated heterocycles. The van der Waals surface area contributed by atoms with Crippen LogP contribution in [0.4, 0.5) is 0 Å². The summed E-state index contributed by atoms with van der Waals surface area (Å²) in [6.45, 7) is 3.47. The molecule has 0 fully saturated rings. The fourth-order valence-corrected chi connectivity index (χ4v) is 2.35. The van der Waals surface area contributed by atoms with Gasteiger partial charge in [-0.2, -0.15) is 0 Å². The quantitative estimate of drug-likeness (QED) is 0.791. The molecule has 1 unspecified atom stereocenters. The fraction of sp³-hybridized carbons (Fsp3) is 0.312. The first-order valence-electron chi connectivity index (χ1n) is 7.10. The number of carbonyl (C=O) groups excluding carboxylic acids is 1. The van der Waals surface area contributed by atoms with E-state index in [0.717, 1.165) is 5.56 Å². The number of hydrogen-bond acceptors (Lipinski definition) is 4. The Hall–Kier alpha value is -2.34. The van der Waals surface area contributed by atoms with Crippen LogP contribution in [0.5, 0.6) is 0 Å². The predicted molar refractivity (Wildman–Crippen MR) is 84.8 cm³/mol. The van der Waals surface area contributed by atoms with Crippen molar-refractivity contribution in [2.45, 2.75) is 20.4 Å². The van der Waals surface area contributed by atoms with E-state index < -0.39 is 17.8 Å². The molecule has 2 rings (SSSR count). The monoisotopic (exact) mass is 336 g/mol. The number of nitrogens with one attached hydrogen (secondary N) is 1. The molecule has 1 amide bonds. The molecule has 0 bridgehead atoms. The molecule has 1 heterocycles. The molecular formula is C16H17ClN2O4. The van der Waals surface area contributed by atoms with Crippen molar-refractivity contribution in [3.63, 3.8) is 0 Å². The summed E-state index contributed by atoms with van der Waals surface area (Å²) in [5, 5.41) is 16.1. The Morgan fingerprint density at radius 1 is 1.35 bits per heavy atom. The van der Waals surface area contributed by atoms with Gasteiger partial charge in [-0.1, -0.05) is 42.7 Å². The van der Waals surface area contributed by atoms with E-state index in [-0.39, 0.29) is 12.5 Å². The van der Waals surface area contributed by atoms with Crippen molar-refractivity contribution in [1.29, 1.82) is 0 Å². The van der Waals surface area contributed by atoms with Gasteiger partial charge in [-0.15, -0.1) is 0 Å². The van der Waals surface area contributed by atoms with Crippen molar-refractivity contribution >= 4 is 23.5 Å². The smallest absolute Gasteiger partial charge is 0.316 e. The van der Waals surface area contributed by atoms with Gasteiger partial charge in [-0.05, 0) is 18.1 Å². The molecule has 0 radical (unpaired) electrons. The predicted octanol–water partition coefficient (Wildman–Crippen LogP) is 2.97. The molecule has 0 saturated carbocycles. The molecule has 0 aliphatic rings. The number of amides is 1. The van der Waals surface area contributed by atoms with Crippen LogP contribution in [-0.2, 0) is 16.1 Å². The molecule has 0 spiro atoms. The van der Waals surface area contributed by atoms with Crippen LogP contribution in [0, 0.1) is 11.8 Å². The Kier molecular flexibility index (Phi) is 5.39. The van der Waals surface area contributed by atoms with E-state index in [4.69, 9.17) is 21.2 Å². The van der Waals surface area contributed by atoms with Crippen molar-refractivity contribution in [1.82, 2.24) is 10.5 Å². The summed E-state index contributed by atoms with van der Waals surface area (Å²) in [4.78, 5) is 23.1. The highest BCUT2D eigenvalue weighted by molar-refractivity contribution is 6.30. The zero-order valence-electron chi connectivity index (χ0n) is 12.7. The number of nitrogens with zero attached hydrogens (tertiary/aromatic N) is 1. The van der Waals surface area contributed by atoms with Gasteiger partial charge < -0.3 is 14.9 Å². The van der Waals surface area contributed by atoms with Crippen molar-refractivity contribution in [3.05, 3.63) is 41.0 Å². The number of halogens is 1. The topological polar surface area (TPSA) is 92.4 Å². The van der Waals surface area contributed by atoms with Crippen LogP contribution in [0.3, 0.4) is 0 Å². The van der Waals surface area contributed by atoms with Crippen LogP contribution in [0.15, 0.2) is 34.9 Å². The van der Waals surface area contributed by atoms with E-state index in [1.807, 2.05) is 6.07 Å². The first kappa shape index (κ1) is 17.0. The molecule has 23 heavy (non-hydrogen) atoms. The second-order valence-electron chi connectivity index (χ2n) is 5.47. The lowest BCUT2D eigenvalue weighted by Gasteiger charge is -2.15. The Balaban J connectivity index is 2.02. The summed E-state index contributed by atoms with van der Waals surface area (Å²) in [6, 6.07) is 8.79. The van der Waals surface area contributed by atoms with Gasteiger partial charge in [-0.25, -0.2) is 0 Å². The molecular weight excluding hydrogens is 320 g/mol. The molecule has 1 aromatic heterocycles. The van der Waals surface area contributed by atoms with E-state index >= 15 is 0 Å². The maximum Gasteiger partial charge on any atom is 0.316 e. The lowest BCUT2D eigenvalue weighted by Crippen LogP contribution is -2.38. The van der Waals surface area contributed by atoms with Crippen LogP contribution >= 0.6 is 11.6 Å². The molecule has 1 atom stereocenters. The first-order chi connectivity index (χ1) is 10.9. The Morgan fingerprint density at radius 2 is 2.09 bits per heavy atom. The number of rotatable bonds is 6. The van der Waals surface area contributed by atoms with Gasteiger partial charge in [-0.3, -0.25) is 9.59 Å². The third-order valence-corrected chi connectivity index (χ3v) is 3.56. The van der Waals surface area contributed by atoms with Gasteiger partial charge in [0, 0.05) is 16.7 Å². The lowest BCUT2D eigenvalue weighted by atomic mass is 9.95. The van der Waals surface area contributed by atoms with Crippen LogP contribution in [0.1, 0.15) is 19.5 Å². The van der Waals surface area contributed by atoms with Crippen LogP contribution < -0.4 is 5.32 Å². The van der Waals surface area contributed by atoms with Crippen LogP contribution in [0.2, 0.25) is 5.02 Å². The van der Waals surface area contributed by atoms with E-state index in [1.54, 1.807) is 38.1 Å². The van der Waals surface area contributed by atoms with Crippen molar-refractivity contribution in [2.24, 2.45) is 11.8 Å². The third-order valence-electron chi connectivity index (χ3n) is 3.33. The SMILES string of the molecule is CC(C)C(C(=O)O)C(=O)NCc1cc(-c2cccc(Cl)c2)on1. The zero-order valence-corrected chi connectivity index (χ0v) is 13.5. The normalized spacial score (nSPS) is 12.2. The second-order valence-corrected chi connectivity index (χ2v) is 5.91. The third kappa shape index (κ3) is 4.32. The standard InChI is InChI=1S/C16H17ClN2O4/c1-9(2)14(16(21)22)15(20)18-8-12-7-13(23-19-12)10-4-3-5-11(17)6-10/h3-7,9,14H,8H2,1-2H3,(H,18,20)(H,21,22). The summed E-state index contributed by atoms with van der Waals surface area (Å²) >= 11 is 5.92. The summed E-state index contributed by atoms with van der Waals surface area (Å²) in [5.74, 6) is -2.55. The minimum Gasteiger partial charge on any atom is -0.481 e. The number of hydrogen-bond donors (Lipinski definition) is 2. The summed E-state index contributed by atoms with van der Waals surface area (Å²) < 4.78 is 5.22. The van der Waals surface area contributed by atoms with E-state index in [2.05, 4.69) is 10.5 Å². The van der Waals surface area contributed by atoms with E-state index in [9.17, 15) is 9.59 Å². The van der Waals surface area contributed by atoms with E-state index in [1.165, 1.54) is 0 Å². The fourth-order valence-electron chi connectivity index (χ4n) is 2.16. The van der Waals surface area contributed by atoms with Crippen molar-refractivity contribution < 1.29 is 19.2 Å². The minimum atomic E-state index is -1.14. The molecule has 7 heteroatoms. The molecule has 2 aromatic rings. The maximum atomic E-state index is 12.0. The highest BCUT2D eigenvalue weighted by Crippen LogP contribution is 2.23. The number of carboxylic acid groups (broad SMARTS) is 1. The largest absolute Gasteiger partial charge is 0.481 e. The highest BCUT2D eigenvalue weighted by Gasteiger charge is 2.29. The Bertz CT molecular complexity index is 712. The van der Waals surface area contributed by atoms with Gasteiger partial charge in [0.15, 0.2) is 5.76 Å². The highest BCUT2D eigenvalue weighted by atomic mass is 35.5. The summed E-state index contributed by atoms with van der Waals surface area (Å²) in [7, 11) is 0. The average molecular weight is 337 g/mol. The second kappa shape index (κ2) is 7.28. The van der Waals surface area contributed by atoms with Gasteiger partial charge in [0.1, 0.15) is 11.6 Å². The van der Waals surface area contributed by atoms with Gasteiger partial charge in [0.25, 0.3) is 0 Å². The first-order valence-corrected chi connectivity index (χ1v) is 7.48. The number of benzene rings is 1. The molecule has 0 aliphatic heterocycles. The van der Waals surface area contributed by atoms with Crippen LogP contribution in [0.25, 0.3) is 11.3 Å². The number of aliphatic carboxylic acids is 1. The van der Waals surface area contributed by atoms with Gasteiger partial charge in [0.05, 0.1) is 6.54 Å². The molecule has 122 valence electrons. The molecule has 1 aromatic carbocycles. The van der Waals surface area contributed by atoms with Gasteiger partial charge >= 0.3 is 5.97 Å². The Morgan fingerprint density at radius 3 is 2.70 bits per heavy atom. The van der Waals surface area contributed by atoms with Crippen LogP contribution in [-0.4, -0.2) is 22.1 Å². The Labute approximate surface area is 138 Å². The average Bonchev–Trinajstić information content (AvgIpc) is 2.93. The molecule has 0 aliphatic carbocycles. The zero-order chi connectivity index (χ0) is 17.0. The summed E-state index contributed by atoms with van der Waals surface area (Å²) in [5.41, 5.74) is 1.27. The van der Waals surface area contributed by atoms with Gasteiger partial charge in [0.2, 0.25) is 5.91 Å². The summed E-state index contributed by atoms with van der Waals surface area (Å²) in [6.07, 6.45) is 0. The molecule has 2 N–H and O–H groups in total. The number of aromatic nitrogens is 1. The molecule has 6 nitrogen and oxygen atoms in total.